The van der Waals surface area contributed by atoms with E-state index in [1.165, 1.54) is 0 Å². The molecule has 31 heavy (non-hydrogen) atoms. The summed E-state index contributed by atoms with van der Waals surface area (Å²) in [6.07, 6.45) is 0.589. The Morgan fingerprint density at radius 3 is 2.45 bits per heavy atom. The molecule has 1 aliphatic rings. The molecule has 0 aliphatic heterocycles. The number of hydrogen-bond donors (Lipinski definition) is 4. The minimum Gasteiger partial charge on any atom is -0.478 e. The van der Waals surface area contributed by atoms with E-state index in [9.17, 15) is 14.7 Å². The molecule has 1 saturated carbocycles. The van der Waals surface area contributed by atoms with E-state index in [0.29, 0.717) is 23.4 Å². The predicted molar refractivity (Wildman–Crippen MR) is 115 cm³/mol. The van der Waals surface area contributed by atoms with Crippen molar-refractivity contribution in [2.45, 2.75) is 37.4 Å². The van der Waals surface area contributed by atoms with Crippen molar-refractivity contribution >= 4 is 23.5 Å². The van der Waals surface area contributed by atoms with Crippen LogP contribution in [0.2, 0.25) is 5.02 Å². The van der Waals surface area contributed by atoms with E-state index < -0.39 is 24.1 Å². The fourth-order valence-electron chi connectivity index (χ4n) is 3.98. The average Bonchev–Trinajstić information content (AvgIpc) is 3.21. The number of ether oxygens (including phenoxy) is 1. The summed E-state index contributed by atoms with van der Waals surface area (Å²) in [7, 11) is 0. The van der Waals surface area contributed by atoms with Gasteiger partial charge in [-0.3, -0.25) is 0 Å². The van der Waals surface area contributed by atoms with E-state index in [2.05, 4.69) is 5.32 Å². The molecule has 3 rings (SSSR count). The molecule has 0 radical (unpaired) electrons. The zero-order valence-corrected chi connectivity index (χ0v) is 17.7. The normalized spacial score (nSPS) is 19.3. The van der Waals surface area contributed by atoms with Crippen molar-refractivity contribution in [3.05, 3.63) is 64.7 Å². The molecule has 4 N–H and O–H groups in total. The first-order valence-electron chi connectivity index (χ1n) is 10.2. The highest BCUT2D eigenvalue weighted by atomic mass is 35.5. The summed E-state index contributed by atoms with van der Waals surface area (Å²) in [6.45, 7) is 1.27. The Kier molecular flexibility index (Phi) is 7.90. The molecule has 3 unspecified atom stereocenters. The maximum Gasteiger partial charge on any atom is 0.356 e. The van der Waals surface area contributed by atoms with Crippen LogP contribution in [0.25, 0.3) is 0 Å². The zero-order valence-electron chi connectivity index (χ0n) is 16.9. The SMILES string of the molecule is O=C(O)C(Oc1ccc(C2CCC(CNCC(O)c3cccc(Cl)c3)C2)cc1)C(=O)O. The van der Waals surface area contributed by atoms with Crippen molar-refractivity contribution in [3.8, 4) is 5.75 Å². The molecule has 166 valence electrons. The Morgan fingerprint density at radius 1 is 1.10 bits per heavy atom. The second-order valence-corrected chi connectivity index (χ2v) is 8.28. The predicted octanol–water partition coefficient (Wildman–Crippen LogP) is 3.46. The number of nitrogens with one attached hydrogen (secondary N) is 1. The number of carboxylic acid groups (broad SMARTS) is 2. The number of rotatable bonds is 10. The summed E-state index contributed by atoms with van der Waals surface area (Å²) in [5.41, 5.74) is 1.91. The van der Waals surface area contributed by atoms with Crippen molar-refractivity contribution in [2.24, 2.45) is 5.92 Å². The smallest absolute Gasteiger partial charge is 0.356 e. The van der Waals surface area contributed by atoms with Crippen LogP contribution in [0.4, 0.5) is 0 Å². The number of benzene rings is 2. The third kappa shape index (κ3) is 6.43. The molecule has 2 aromatic carbocycles. The minimum absolute atomic E-state index is 0.213. The molecule has 7 nitrogen and oxygen atoms in total. The fourth-order valence-corrected chi connectivity index (χ4v) is 4.18. The Bertz CT molecular complexity index is 889. The van der Waals surface area contributed by atoms with Crippen molar-refractivity contribution in [1.29, 1.82) is 0 Å². The molecule has 2 aromatic rings. The second kappa shape index (κ2) is 10.6. The van der Waals surface area contributed by atoms with Crippen LogP contribution in [0.5, 0.6) is 5.75 Å². The highest BCUT2D eigenvalue weighted by Gasteiger charge is 2.29. The maximum absolute atomic E-state index is 10.9. The van der Waals surface area contributed by atoms with Crippen LogP contribution in [0, 0.1) is 5.92 Å². The summed E-state index contributed by atoms with van der Waals surface area (Å²) in [4.78, 5) is 21.9. The lowest BCUT2D eigenvalue weighted by Crippen LogP contribution is -2.35. The quantitative estimate of drug-likeness (QED) is 0.412. The van der Waals surface area contributed by atoms with Crippen LogP contribution >= 0.6 is 11.6 Å². The Labute approximate surface area is 185 Å². The monoisotopic (exact) mass is 447 g/mol. The van der Waals surface area contributed by atoms with Gasteiger partial charge in [-0.1, -0.05) is 35.9 Å². The van der Waals surface area contributed by atoms with Gasteiger partial charge in [0, 0.05) is 11.6 Å². The van der Waals surface area contributed by atoms with Gasteiger partial charge >= 0.3 is 11.9 Å². The third-order valence-corrected chi connectivity index (χ3v) is 5.83. The molecule has 0 amide bonds. The second-order valence-electron chi connectivity index (χ2n) is 7.85. The van der Waals surface area contributed by atoms with Crippen molar-refractivity contribution < 1.29 is 29.6 Å². The molecule has 3 atom stereocenters. The van der Waals surface area contributed by atoms with E-state index in [4.69, 9.17) is 26.6 Å². The molecule has 0 saturated heterocycles. The lowest BCUT2D eigenvalue weighted by molar-refractivity contribution is -0.159. The van der Waals surface area contributed by atoms with Gasteiger partial charge in [-0.25, -0.2) is 9.59 Å². The number of carboxylic acids is 2. The van der Waals surface area contributed by atoms with Gasteiger partial charge in [-0.15, -0.1) is 0 Å². The van der Waals surface area contributed by atoms with Crippen LogP contribution in [0.1, 0.15) is 42.4 Å². The first kappa shape index (κ1) is 23.1. The Morgan fingerprint density at radius 2 is 1.81 bits per heavy atom. The van der Waals surface area contributed by atoms with E-state index in [1.54, 1.807) is 24.3 Å². The topological polar surface area (TPSA) is 116 Å². The number of halogens is 1. The average molecular weight is 448 g/mol. The van der Waals surface area contributed by atoms with Gasteiger partial charge in [-0.05, 0) is 73.0 Å². The first-order valence-corrected chi connectivity index (χ1v) is 10.6. The number of aliphatic hydroxyl groups excluding tert-OH is 1. The highest BCUT2D eigenvalue weighted by molar-refractivity contribution is 6.30. The van der Waals surface area contributed by atoms with Gasteiger partial charge in [0.05, 0.1) is 6.10 Å². The molecular weight excluding hydrogens is 422 g/mol. The van der Waals surface area contributed by atoms with Crippen LogP contribution in [-0.4, -0.2) is 46.5 Å². The van der Waals surface area contributed by atoms with E-state index in [0.717, 1.165) is 36.9 Å². The van der Waals surface area contributed by atoms with Crippen molar-refractivity contribution in [3.63, 3.8) is 0 Å². The zero-order chi connectivity index (χ0) is 22.4. The summed E-state index contributed by atoms with van der Waals surface area (Å²) >= 11 is 5.97. The fraction of sp³-hybridized carbons (Fsp3) is 0.391. The largest absolute Gasteiger partial charge is 0.478 e. The van der Waals surface area contributed by atoms with Gasteiger partial charge in [0.2, 0.25) is 0 Å². The summed E-state index contributed by atoms with van der Waals surface area (Å²) < 4.78 is 5.05. The van der Waals surface area contributed by atoms with Crippen molar-refractivity contribution in [1.82, 2.24) is 5.32 Å². The summed E-state index contributed by atoms with van der Waals surface area (Å²) in [6, 6.07) is 14.2. The number of hydrogen-bond acceptors (Lipinski definition) is 5. The minimum atomic E-state index is -1.92. The van der Waals surface area contributed by atoms with Gasteiger partial charge in [0.15, 0.2) is 0 Å². The molecule has 8 heteroatoms. The molecule has 0 aromatic heterocycles. The van der Waals surface area contributed by atoms with Crippen LogP contribution < -0.4 is 10.1 Å². The number of carbonyl (C=O) groups is 2. The van der Waals surface area contributed by atoms with E-state index in [-0.39, 0.29) is 5.75 Å². The molecule has 0 spiro atoms. The van der Waals surface area contributed by atoms with E-state index >= 15 is 0 Å². The van der Waals surface area contributed by atoms with Crippen molar-refractivity contribution in [2.75, 3.05) is 13.1 Å². The number of aliphatic hydroxyl groups is 1. The van der Waals surface area contributed by atoms with Crippen LogP contribution in [-0.2, 0) is 9.59 Å². The maximum atomic E-state index is 10.9. The number of aliphatic carboxylic acids is 2. The van der Waals surface area contributed by atoms with E-state index in [1.807, 2.05) is 24.3 Å². The van der Waals surface area contributed by atoms with Gasteiger partial charge < -0.3 is 25.4 Å². The lowest BCUT2D eigenvalue weighted by Gasteiger charge is -2.16. The standard InChI is InChI=1S/C23H26ClNO6/c24-18-3-1-2-17(11-18)20(26)13-25-12-14-4-5-16(10-14)15-6-8-19(9-7-15)31-21(22(27)28)23(29)30/h1-3,6-9,11,14,16,20-21,25-26H,4-5,10,12-13H2,(H,27,28)(H,29,30). The summed E-state index contributed by atoms with van der Waals surface area (Å²) in [5.74, 6) is -1.99. The Hall–Kier alpha value is -2.61. The van der Waals surface area contributed by atoms with Crippen LogP contribution in [0.3, 0.4) is 0 Å². The molecule has 0 heterocycles. The molecule has 0 bridgehead atoms. The van der Waals surface area contributed by atoms with Gasteiger partial charge in [0.25, 0.3) is 6.10 Å². The Balaban J connectivity index is 1.46. The third-order valence-electron chi connectivity index (χ3n) is 5.60. The summed E-state index contributed by atoms with van der Waals surface area (Å²) in [5, 5.41) is 32.1. The lowest BCUT2D eigenvalue weighted by atomic mass is 9.96. The molecule has 1 aliphatic carbocycles. The van der Waals surface area contributed by atoms with Crippen LogP contribution in [0.15, 0.2) is 48.5 Å². The highest BCUT2D eigenvalue weighted by Crippen LogP contribution is 2.38. The molecular formula is C23H26ClNO6. The molecule has 1 fully saturated rings. The first-order chi connectivity index (χ1) is 14.8. The van der Waals surface area contributed by atoms with Gasteiger partial charge in [-0.2, -0.15) is 0 Å². The van der Waals surface area contributed by atoms with Gasteiger partial charge in [0.1, 0.15) is 5.75 Å².